The average Bonchev–Trinajstić information content (AvgIpc) is 2.97. The quantitative estimate of drug-likeness (QED) is 0.501. The lowest BCUT2D eigenvalue weighted by molar-refractivity contribution is 0.360. The maximum absolute atomic E-state index is 8.78. The summed E-state index contributed by atoms with van der Waals surface area (Å²) in [6, 6.07) is 6.47. The van der Waals surface area contributed by atoms with E-state index in [9.17, 15) is 0 Å². The molecule has 5 heteroatoms. The monoisotopic (exact) mass is 318 g/mol. The summed E-state index contributed by atoms with van der Waals surface area (Å²) in [5, 5.41) is 14.8. The van der Waals surface area contributed by atoms with Crippen molar-refractivity contribution in [3.8, 4) is 12.8 Å². The number of hydrogen-bond donors (Lipinski definition) is 2. The van der Waals surface area contributed by atoms with Crippen molar-refractivity contribution < 1.29 is 0 Å². The van der Waals surface area contributed by atoms with Crippen LogP contribution in [0.1, 0.15) is 30.0 Å². The number of aryl methyl sites for hydroxylation is 1. The molecule has 1 aliphatic carbocycles. The first-order valence-corrected chi connectivity index (χ1v) is 8.00. The third kappa shape index (κ3) is 3.02. The number of rotatable bonds is 2. The van der Waals surface area contributed by atoms with Gasteiger partial charge in [0.25, 0.3) is 6.57 Å². The summed E-state index contributed by atoms with van der Waals surface area (Å²) in [6.45, 7) is 7.93. The molecule has 0 radical (unpaired) electrons. The minimum atomic E-state index is -0.0923. The second kappa shape index (κ2) is 6.60. The molecular weight excluding hydrogens is 298 g/mol. The lowest BCUT2D eigenvalue weighted by atomic mass is 9.76. The largest absolute Gasteiger partial charge is 0.348 e. The minimum absolute atomic E-state index is 0.0923. The van der Waals surface area contributed by atoms with E-state index in [1.807, 2.05) is 18.3 Å². The Balaban J connectivity index is 1.89. The van der Waals surface area contributed by atoms with Crippen molar-refractivity contribution in [2.75, 3.05) is 6.54 Å². The SMILES string of the molecule is C#[N+]C=CC=C(C)c1cccc2c1CC1(CC2)CN=C(NC#N)N1. The highest BCUT2D eigenvalue weighted by atomic mass is 15.3. The van der Waals surface area contributed by atoms with Crippen LogP contribution >= 0.6 is 0 Å². The second-order valence-corrected chi connectivity index (χ2v) is 6.27. The van der Waals surface area contributed by atoms with Gasteiger partial charge in [0.1, 0.15) is 0 Å². The Morgan fingerprint density at radius 2 is 2.42 bits per heavy atom. The van der Waals surface area contributed by atoms with Crippen LogP contribution in [0, 0.1) is 18.0 Å². The summed E-state index contributed by atoms with van der Waals surface area (Å²) >= 11 is 0. The number of nitrogens with one attached hydrogen (secondary N) is 2. The smallest absolute Gasteiger partial charge is 0.305 e. The molecule has 0 aromatic heterocycles. The summed E-state index contributed by atoms with van der Waals surface area (Å²) in [5.41, 5.74) is 5.08. The molecule has 1 spiro atoms. The molecule has 24 heavy (non-hydrogen) atoms. The van der Waals surface area contributed by atoms with E-state index in [0.717, 1.165) is 19.3 Å². The Hall–Kier alpha value is -3.05. The summed E-state index contributed by atoms with van der Waals surface area (Å²) in [4.78, 5) is 7.92. The Bertz CT molecular complexity index is 819. The summed E-state index contributed by atoms with van der Waals surface area (Å²) in [6.07, 6.45) is 10.3. The second-order valence-electron chi connectivity index (χ2n) is 6.27. The zero-order valence-electron chi connectivity index (χ0n) is 13.7. The zero-order valence-corrected chi connectivity index (χ0v) is 13.7. The summed E-state index contributed by atoms with van der Waals surface area (Å²) in [7, 11) is 0. The highest BCUT2D eigenvalue weighted by Crippen LogP contribution is 2.35. The Morgan fingerprint density at radius 3 is 3.21 bits per heavy atom. The molecule has 2 aliphatic rings. The molecule has 1 unspecified atom stereocenters. The van der Waals surface area contributed by atoms with Gasteiger partial charge in [-0.15, -0.1) is 0 Å². The maximum Gasteiger partial charge on any atom is 0.305 e. The molecule has 0 saturated carbocycles. The van der Waals surface area contributed by atoms with Gasteiger partial charge in [0.05, 0.1) is 12.1 Å². The van der Waals surface area contributed by atoms with Crippen LogP contribution in [-0.2, 0) is 12.8 Å². The molecular formula is C19H20N5+. The van der Waals surface area contributed by atoms with Crippen molar-refractivity contribution >= 4 is 11.5 Å². The number of aliphatic imine (C=N–C) groups is 1. The van der Waals surface area contributed by atoms with Gasteiger partial charge < -0.3 is 5.32 Å². The van der Waals surface area contributed by atoms with E-state index in [1.165, 1.54) is 22.3 Å². The molecule has 1 aliphatic heterocycles. The fourth-order valence-electron chi connectivity index (χ4n) is 3.50. The van der Waals surface area contributed by atoms with Crippen molar-refractivity contribution in [3.05, 3.63) is 58.1 Å². The molecule has 1 aromatic carbocycles. The molecule has 0 amide bonds. The number of allylic oxidation sites excluding steroid dienone is 3. The van der Waals surface area contributed by atoms with Gasteiger partial charge >= 0.3 is 6.20 Å². The molecule has 120 valence electrons. The fourth-order valence-corrected chi connectivity index (χ4v) is 3.50. The van der Waals surface area contributed by atoms with Crippen LogP contribution < -0.4 is 10.6 Å². The van der Waals surface area contributed by atoms with E-state index in [-0.39, 0.29) is 5.54 Å². The maximum atomic E-state index is 8.78. The van der Waals surface area contributed by atoms with Crippen molar-refractivity contribution in [1.82, 2.24) is 10.6 Å². The number of fused-ring (bicyclic) bond motifs is 1. The highest BCUT2D eigenvalue weighted by Gasteiger charge is 2.39. The van der Waals surface area contributed by atoms with Crippen LogP contribution in [0.15, 0.2) is 41.5 Å². The number of nitrogens with zero attached hydrogens (tertiary/aromatic N) is 3. The van der Waals surface area contributed by atoms with E-state index in [0.29, 0.717) is 12.5 Å². The third-order valence-electron chi connectivity index (χ3n) is 4.70. The Labute approximate surface area is 142 Å². The number of hydrogen-bond acceptors (Lipinski definition) is 4. The van der Waals surface area contributed by atoms with Crippen molar-refractivity contribution in [1.29, 1.82) is 5.26 Å². The molecule has 0 saturated heterocycles. The number of nitriles is 1. The van der Waals surface area contributed by atoms with Gasteiger partial charge in [-0.05, 0) is 53.3 Å². The zero-order chi connectivity index (χ0) is 17.0. The first-order chi connectivity index (χ1) is 11.7. The lowest BCUT2D eigenvalue weighted by Gasteiger charge is -2.36. The topological polar surface area (TPSA) is 64.6 Å². The summed E-state index contributed by atoms with van der Waals surface area (Å²) < 4.78 is 0. The minimum Gasteiger partial charge on any atom is -0.348 e. The van der Waals surface area contributed by atoms with Crippen molar-refractivity contribution in [3.63, 3.8) is 0 Å². The van der Waals surface area contributed by atoms with Gasteiger partial charge in [-0.2, -0.15) is 5.26 Å². The van der Waals surface area contributed by atoms with E-state index < -0.39 is 0 Å². The Kier molecular flexibility index (Phi) is 4.35. The van der Waals surface area contributed by atoms with Gasteiger partial charge in [0.15, 0.2) is 6.19 Å². The first-order valence-electron chi connectivity index (χ1n) is 8.00. The summed E-state index contributed by atoms with van der Waals surface area (Å²) in [5.74, 6) is 0.582. The van der Waals surface area contributed by atoms with Gasteiger partial charge in [-0.1, -0.05) is 24.3 Å². The average molecular weight is 318 g/mol. The molecule has 0 fully saturated rings. The number of guanidine groups is 1. The van der Waals surface area contributed by atoms with Gasteiger partial charge in [0, 0.05) is 6.08 Å². The molecule has 2 N–H and O–H groups in total. The molecule has 0 bridgehead atoms. The van der Waals surface area contributed by atoms with Crippen molar-refractivity contribution in [2.45, 2.75) is 31.7 Å². The van der Waals surface area contributed by atoms with Gasteiger partial charge in [0.2, 0.25) is 5.96 Å². The molecule has 5 nitrogen and oxygen atoms in total. The number of benzene rings is 1. The van der Waals surface area contributed by atoms with Crippen LogP contribution in [-0.4, -0.2) is 18.0 Å². The lowest BCUT2D eigenvalue weighted by Crippen LogP contribution is -2.52. The highest BCUT2D eigenvalue weighted by molar-refractivity contribution is 5.84. The van der Waals surface area contributed by atoms with Gasteiger partial charge in [-0.25, -0.2) is 4.99 Å². The first kappa shape index (κ1) is 15.8. The van der Waals surface area contributed by atoms with E-state index in [4.69, 9.17) is 11.8 Å². The normalized spacial score (nSPS) is 22.5. The van der Waals surface area contributed by atoms with Crippen molar-refractivity contribution in [2.24, 2.45) is 4.99 Å². The standard InChI is InChI=1S/C19H20N5/c1-14(5-4-10-21-2)16-7-3-6-15-8-9-19(11-17(15)16)12-22-18(24-19)23-13-20/h2-7,10H,8-9,11-12H2,1H3,(H2,22,23,24)/q+1. The molecule has 3 rings (SSSR count). The van der Waals surface area contributed by atoms with E-state index in [2.05, 4.69) is 45.6 Å². The predicted molar refractivity (Wildman–Crippen MR) is 96.5 cm³/mol. The van der Waals surface area contributed by atoms with Crippen LogP contribution in [0.2, 0.25) is 0 Å². The molecule has 1 heterocycles. The van der Waals surface area contributed by atoms with E-state index >= 15 is 0 Å². The van der Waals surface area contributed by atoms with Crippen LogP contribution in [0.25, 0.3) is 10.4 Å². The van der Waals surface area contributed by atoms with Crippen LogP contribution in [0.3, 0.4) is 0 Å². The van der Waals surface area contributed by atoms with Gasteiger partial charge in [-0.3, -0.25) is 5.32 Å². The Morgan fingerprint density at radius 1 is 1.54 bits per heavy atom. The molecule has 1 atom stereocenters. The van der Waals surface area contributed by atoms with E-state index in [1.54, 1.807) is 6.20 Å². The third-order valence-corrected chi connectivity index (χ3v) is 4.70. The van der Waals surface area contributed by atoms with Crippen LogP contribution in [0.5, 0.6) is 0 Å². The van der Waals surface area contributed by atoms with Crippen LogP contribution in [0.4, 0.5) is 0 Å². The molecule has 1 aromatic rings. The fraction of sp³-hybridized carbons (Fsp3) is 0.316. The predicted octanol–water partition coefficient (Wildman–Crippen LogP) is 2.82.